The molecular formula is C16H15BrO. The first kappa shape index (κ1) is 13.0. The molecule has 0 N–H and O–H groups in total. The van der Waals surface area contributed by atoms with Crippen molar-refractivity contribution in [1.29, 1.82) is 0 Å². The zero-order chi connectivity index (χ0) is 13.3. The first-order valence-corrected chi connectivity index (χ1v) is 6.66. The van der Waals surface area contributed by atoms with Crippen LogP contribution in [0.2, 0.25) is 0 Å². The maximum absolute atomic E-state index is 12.5. The van der Waals surface area contributed by atoms with Gasteiger partial charge in [-0.1, -0.05) is 44.8 Å². The number of hydrogen-bond acceptors (Lipinski definition) is 1. The fourth-order valence-corrected chi connectivity index (χ4v) is 2.50. The summed E-state index contributed by atoms with van der Waals surface area (Å²) in [6.45, 7) is 6.01. The SMILES string of the molecule is Cc1cc(C)cc(C(=O)c2cc(C)ccc2Br)c1. The van der Waals surface area contributed by atoms with E-state index in [2.05, 4.69) is 22.0 Å². The normalized spacial score (nSPS) is 10.4. The van der Waals surface area contributed by atoms with Crippen molar-refractivity contribution in [3.05, 3.63) is 68.7 Å². The molecule has 92 valence electrons. The Balaban J connectivity index is 2.51. The van der Waals surface area contributed by atoms with Gasteiger partial charge in [-0.05, 0) is 45.0 Å². The lowest BCUT2D eigenvalue weighted by Crippen LogP contribution is -2.03. The van der Waals surface area contributed by atoms with Gasteiger partial charge >= 0.3 is 0 Å². The van der Waals surface area contributed by atoms with Gasteiger partial charge in [-0.2, -0.15) is 0 Å². The van der Waals surface area contributed by atoms with Crippen LogP contribution in [0.5, 0.6) is 0 Å². The fraction of sp³-hybridized carbons (Fsp3) is 0.188. The van der Waals surface area contributed by atoms with E-state index in [1.54, 1.807) is 0 Å². The first-order chi connectivity index (χ1) is 8.47. The second kappa shape index (κ2) is 5.07. The molecule has 0 aromatic heterocycles. The quantitative estimate of drug-likeness (QED) is 0.741. The summed E-state index contributed by atoms with van der Waals surface area (Å²) in [5.74, 6) is 0.0670. The third kappa shape index (κ3) is 2.70. The van der Waals surface area contributed by atoms with Crippen molar-refractivity contribution < 1.29 is 4.79 Å². The van der Waals surface area contributed by atoms with Crippen LogP contribution in [0.15, 0.2) is 40.9 Å². The minimum Gasteiger partial charge on any atom is -0.289 e. The number of benzene rings is 2. The van der Waals surface area contributed by atoms with E-state index in [1.807, 2.05) is 51.1 Å². The van der Waals surface area contributed by atoms with Gasteiger partial charge in [-0.25, -0.2) is 0 Å². The summed E-state index contributed by atoms with van der Waals surface area (Å²) in [5.41, 5.74) is 4.79. The van der Waals surface area contributed by atoms with E-state index in [0.29, 0.717) is 0 Å². The van der Waals surface area contributed by atoms with Crippen LogP contribution in [0.3, 0.4) is 0 Å². The summed E-state index contributed by atoms with van der Waals surface area (Å²) in [7, 11) is 0. The van der Waals surface area contributed by atoms with Gasteiger partial charge in [0.2, 0.25) is 0 Å². The maximum Gasteiger partial charge on any atom is 0.194 e. The second-order valence-corrected chi connectivity index (χ2v) is 5.54. The molecule has 2 aromatic carbocycles. The van der Waals surface area contributed by atoms with E-state index in [-0.39, 0.29) is 5.78 Å². The highest BCUT2D eigenvalue weighted by Gasteiger charge is 2.13. The van der Waals surface area contributed by atoms with Crippen molar-refractivity contribution in [3.8, 4) is 0 Å². The van der Waals surface area contributed by atoms with Gasteiger partial charge in [0.15, 0.2) is 5.78 Å². The third-order valence-corrected chi connectivity index (χ3v) is 3.54. The summed E-state index contributed by atoms with van der Waals surface area (Å²) in [4.78, 5) is 12.5. The first-order valence-electron chi connectivity index (χ1n) is 5.86. The molecule has 2 aromatic rings. The van der Waals surface area contributed by atoms with Crippen molar-refractivity contribution >= 4 is 21.7 Å². The van der Waals surface area contributed by atoms with Gasteiger partial charge in [0.1, 0.15) is 0 Å². The largest absolute Gasteiger partial charge is 0.289 e. The van der Waals surface area contributed by atoms with Crippen LogP contribution in [0.4, 0.5) is 0 Å². The molecule has 0 aliphatic carbocycles. The van der Waals surface area contributed by atoms with Crippen LogP contribution < -0.4 is 0 Å². The Morgan fingerprint density at radius 1 is 0.889 bits per heavy atom. The highest BCUT2D eigenvalue weighted by molar-refractivity contribution is 9.10. The van der Waals surface area contributed by atoms with Crippen molar-refractivity contribution in [3.63, 3.8) is 0 Å². The molecule has 2 heteroatoms. The minimum absolute atomic E-state index is 0.0670. The number of ketones is 1. The number of carbonyl (C=O) groups is 1. The van der Waals surface area contributed by atoms with Crippen LogP contribution in [-0.4, -0.2) is 5.78 Å². The number of carbonyl (C=O) groups excluding carboxylic acids is 1. The molecule has 0 aliphatic rings. The summed E-state index contributed by atoms with van der Waals surface area (Å²) < 4.78 is 0.845. The van der Waals surface area contributed by atoms with Gasteiger partial charge in [0, 0.05) is 15.6 Å². The Morgan fingerprint density at radius 3 is 2.11 bits per heavy atom. The Kier molecular flexibility index (Phi) is 3.67. The molecular weight excluding hydrogens is 288 g/mol. The van der Waals surface area contributed by atoms with Crippen molar-refractivity contribution in [1.82, 2.24) is 0 Å². The van der Waals surface area contributed by atoms with Gasteiger partial charge in [-0.15, -0.1) is 0 Å². The monoisotopic (exact) mass is 302 g/mol. The average Bonchev–Trinajstić information content (AvgIpc) is 2.30. The molecule has 0 aliphatic heterocycles. The Bertz CT molecular complexity index is 594. The van der Waals surface area contributed by atoms with E-state index >= 15 is 0 Å². The van der Waals surface area contributed by atoms with E-state index in [0.717, 1.165) is 32.3 Å². The van der Waals surface area contributed by atoms with Crippen LogP contribution >= 0.6 is 15.9 Å². The van der Waals surface area contributed by atoms with Crippen LogP contribution in [0.1, 0.15) is 32.6 Å². The zero-order valence-electron chi connectivity index (χ0n) is 10.8. The van der Waals surface area contributed by atoms with Gasteiger partial charge in [0.25, 0.3) is 0 Å². The topological polar surface area (TPSA) is 17.1 Å². The fourth-order valence-electron chi connectivity index (χ4n) is 2.07. The van der Waals surface area contributed by atoms with Gasteiger partial charge in [-0.3, -0.25) is 4.79 Å². The maximum atomic E-state index is 12.5. The average molecular weight is 303 g/mol. The van der Waals surface area contributed by atoms with Gasteiger partial charge in [0.05, 0.1) is 0 Å². The molecule has 18 heavy (non-hydrogen) atoms. The Labute approximate surface area is 116 Å². The van der Waals surface area contributed by atoms with Crippen molar-refractivity contribution in [2.45, 2.75) is 20.8 Å². The number of aryl methyl sites for hydroxylation is 3. The van der Waals surface area contributed by atoms with Crippen LogP contribution in [0.25, 0.3) is 0 Å². The van der Waals surface area contributed by atoms with E-state index in [4.69, 9.17) is 0 Å². The molecule has 0 unspecified atom stereocenters. The Hall–Kier alpha value is -1.41. The molecule has 0 radical (unpaired) electrons. The highest BCUT2D eigenvalue weighted by Crippen LogP contribution is 2.22. The predicted molar refractivity (Wildman–Crippen MR) is 78.2 cm³/mol. The van der Waals surface area contributed by atoms with Crippen LogP contribution in [0, 0.1) is 20.8 Å². The lowest BCUT2D eigenvalue weighted by atomic mass is 9.98. The lowest BCUT2D eigenvalue weighted by molar-refractivity contribution is 0.103. The summed E-state index contributed by atoms with van der Waals surface area (Å²) in [5, 5.41) is 0. The molecule has 0 atom stereocenters. The molecule has 0 amide bonds. The van der Waals surface area contributed by atoms with E-state index in [9.17, 15) is 4.79 Å². The summed E-state index contributed by atoms with van der Waals surface area (Å²) >= 11 is 3.44. The second-order valence-electron chi connectivity index (χ2n) is 4.69. The number of rotatable bonds is 2. The number of hydrogen-bond donors (Lipinski definition) is 0. The van der Waals surface area contributed by atoms with E-state index < -0.39 is 0 Å². The molecule has 0 bridgehead atoms. The lowest BCUT2D eigenvalue weighted by Gasteiger charge is -2.07. The predicted octanol–water partition coefficient (Wildman–Crippen LogP) is 4.61. The smallest absolute Gasteiger partial charge is 0.194 e. The molecule has 0 spiro atoms. The summed E-state index contributed by atoms with van der Waals surface area (Å²) in [6.07, 6.45) is 0. The van der Waals surface area contributed by atoms with Crippen molar-refractivity contribution in [2.75, 3.05) is 0 Å². The zero-order valence-corrected chi connectivity index (χ0v) is 12.3. The molecule has 0 saturated heterocycles. The van der Waals surface area contributed by atoms with Crippen molar-refractivity contribution in [2.24, 2.45) is 0 Å². The molecule has 0 saturated carbocycles. The molecule has 0 fully saturated rings. The third-order valence-electron chi connectivity index (χ3n) is 2.85. The molecule has 2 rings (SSSR count). The molecule has 1 nitrogen and oxygen atoms in total. The molecule has 0 heterocycles. The standard InChI is InChI=1S/C16H15BrO/c1-10-4-5-15(17)14(9-10)16(18)13-7-11(2)6-12(3)8-13/h4-9H,1-3H3. The minimum atomic E-state index is 0.0670. The van der Waals surface area contributed by atoms with Gasteiger partial charge < -0.3 is 0 Å². The number of halogens is 1. The summed E-state index contributed by atoms with van der Waals surface area (Å²) in [6, 6.07) is 11.8. The highest BCUT2D eigenvalue weighted by atomic mass is 79.9. The van der Waals surface area contributed by atoms with Crippen LogP contribution in [-0.2, 0) is 0 Å². The Morgan fingerprint density at radius 2 is 1.50 bits per heavy atom. The van der Waals surface area contributed by atoms with E-state index in [1.165, 1.54) is 0 Å².